The summed E-state index contributed by atoms with van der Waals surface area (Å²) in [5.74, 6) is 0. The molecule has 1 atom stereocenters. The molecule has 1 heterocycles. The number of nitrogens with one attached hydrogen (secondary N) is 1. The molecule has 2 rings (SSSR count). The average Bonchev–Trinajstić information content (AvgIpc) is 2.90. The summed E-state index contributed by atoms with van der Waals surface area (Å²) in [5.41, 5.74) is 0.835. The molecule has 0 aliphatic carbocycles. The third kappa shape index (κ3) is 4.60. The summed E-state index contributed by atoms with van der Waals surface area (Å²) in [7, 11) is -3.47. The smallest absolute Gasteiger partial charge is 0.234 e. The number of aromatic nitrogens is 3. The van der Waals surface area contributed by atoms with Crippen LogP contribution in [0.5, 0.6) is 0 Å². The Kier molecular flexibility index (Phi) is 4.65. The molecule has 0 fully saturated rings. The molecule has 0 aliphatic rings. The summed E-state index contributed by atoms with van der Waals surface area (Å²) in [4.78, 5) is 3.81. The highest BCUT2D eigenvalue weighted by molar-refractivity contribution is 7.92. The fourth-order valence-electron chi connectivity index (χ4n) is 1.70. The van der Waals surface area contributed by atoms with Crippen molar-refractivity contribution in [1.29, 1.82) is 0 Å². The van der Waals surface area contributed by atoms with E-state index >= 15 is 0 Å². The van der Waals surface area contributed by atoms with Gasteiger partial charge in [0.15, 0.2) is 0 Å². The van der Waals surface area contributed by atoms with Gasteiger partial charge in [-0.3, -0.25) is 4.68 Å². The van der Waals surface area contributed by atoms with Crippen molar-refractivity contribution in [3.05, 3.63) is 54.0 Å². The molecule has 0 spiro atoms. The molecule has 6 nitrogen and oxygen atoms in total. The highest BCUT2D eigenvalue weighted by atomic mass is 32.2. The van der Waals surface area contributed by atoms with E-state index in [1.165, 1.54) is 11.7 Å². The maximum Gasteiger partial charge on any atom is 0.234 e. The Morgan fingerprint density at radius 2 is 2.10 bits per heavy atom. The van der Waals surface area contributed by atoms with Crippen LogP contribution in [0.4, 0.5) is 0 Å². The topological polar surface area (TPSA) is 76.9 Å². The van der Waals surface area contributed by atoms with Crippen LogP contribution in [0.3, 0.4) is 0 Å². The molecule has 0 bridgehead atoms. The van der Waals surface area contributed by atoms with Crippen molar-refractivity contribution in [2.24, 2.45) is 0 Å². The van der Waals surface area contributed by atoms with Gasteiger partial charge in [-0.05, 0) is 18.6 Å². The molecule has 106 valence electrons. The molecule has 0 radical (unpaired) electrons. The molecule has 1 aromatic heterocycles. The largest absolute Gasteiger partial charge is 0.251 e. The van der Waals surface area contributed by atoms with Crippen LogP contribution < -0.4 is 4.72 Å². The zero-order chi connectivity index (χ0) is 14.4. The number of rotatable bonds is 6. The zero-order valence-corrected chi connectivity index (χ0v) is 11.9. The third-order valence-electron chi connectivity index (χ3n) is 2.53. The fraction of sp³-hybridized carbons (Fsp3) is 0.231. The summed E-state index contributed by atoms with van der Waals surface area (Å²) < 4.78 is 27.9. The quantitative estimate of drug-likeness (QED) is 0.869. The third-order valence-corrected chi connectivity index (χ3v) is 3.76. The van der Waals surface area contributed by atoms with Crippen LogP contribution in [-0.4, -0.2) is 29.2 Å². The fourth-order valence-corrected chi connectivity index (χ4v) is 2.75. The first kappa shape index (κ1) is 14.4. The first-order valence-corrected chi connectivity index (χ1v) is 7.68. The number of nitrogens with zero attached hydrogens (tertiary/aromatic N) is 3. The molecule has 1 N–H and O–H groups in total. The Hall–Kier alpha value is -1.99. The summed E-state index contributed by atoms with van der Waals surface area (Å²) in [6.07, 6.45) is 4.52. The van der Waals surface area contributed by atoms with Gasteiger partial charge < -0.3 is 0 Å². The van der Waals surface area contributed by atoms with Crippen LogP contribution in [0, 0.1) is 0 Å². The predicted octanol–water partition coefficient (Wildman–Crippen LogP) is 1.26. The lowest BCUT2D eigenvalue weighted by Gasteiger charge is -2.11. The summed E-state index contributed by atoms with van der Waals surface area (Å²) in [5, 5.41) is 5.10. The zero-order valence-electron chi connectivity index (χ0n) is 11.0. The summed E-state index contributed by atoms with van der Waals surface area (Å²) in [6, 6.07) is 8.99. The highest BCUT2D eigenvalue weighted by Gasteiger charge is 2.11. The van der Waals surface area contributed by atoms with Crippen molar-refractivity contribution >= 4 is 16.1 Å². The molecule has 0 amide bonds. The highest BCUT2D eigenvalue weighted by Crippen LogP contribution is 2.03. The summed E-state index contributed by atoms with van der Waals surface area (Å²) in [6.45, 7) is 2.20. The van der Waals surface area contributed by atoms with Crippen molar-refractivity contribution in [2.45, 2.75) is 19.5 Å². The molecule has 2 aromatic rings. The molecule has 0 saturated carbocycles. The Bertz CT molecular complexity index is 651. The van der Waals surface area contributed by atoms with Crippen molar-refractivity contribution < 1.29 is 8.42 Å². The molecule has 0 saturated heterocycles. The van der Waals surface area contributed by atoms with Crippen LogP contribution in [-0.2, 0) is 16.6 Å². The van der Waals surface area contributed by atoms with Gasteiger partial charge in [0, 0.05) is 11.4 Å². The Morgan fingerprint density at radius 1 is 1.35 bits per heavy atom. The monoisotopic (exact) mass is 292 g/mol. The van der Waals surface area contributed by atoms with E-state index < -0.39 is 10.0 Å². The van der Waals surface area contributed by atoms with E-state index in [-0.39, 0.29) is 6.04 Å². The lowest BCUT2D eigenvalue weighted by Crippen LogP contribution is -2.34. The lowest BCUT2D eigenvalue weighted by atomic mass is 10.2. The van der Waals surface area contributed by atoms with Gasteiger partial charge in [-0.25, -0.2) is 18.1 Å². The molecule has 1 aromatic carbocycles. The van der Waals surface area contributed by atoms with E-state index in [4.69, 9.17) is 0 Å². The lowest BCUT2D eigenvalue weighted by molar-refractivity contribution is 0.496. The predicted molar refractivity (Wildman–Crippen MR) is 77.0 cm³/mol. The maximum absolute atomic E-state index is 11.9. The molecular weight excluding hydrogens is 276 g/mol. The van der Waals surface area contributed by atoms with Gasteiger partial charge in [-0.1, -0.05) is 30.3 Å². The minimum atomic E-state index is -3.47. The van der Waals surface area contributed by atoms with Gasteiger partial charge in [0.05, 0.1) is 6.54 Å². The van der Waals surface area contributed by atoms with E-state index in [2.05, 4.69) is 14.8 Å². The van der Waals surface area contributed by atoms with Gasteiger partial charge in [0.25, 0.3) is 0 Å². The Labute approximate surface area is 118 Å². The molecule has 7 heteroatoms. The first-order valence-electron chi connectivity index (χ1n) is 6.13. The Balaban J connectivity index is 1.95. The number of hydrogen-bond donors (Lipinski definition) is 1. The molecule has 1 unspecified atom stereocenters. The van der Waals surface area contributed by atoms with Crippen LogP contribution in [0.15, 0.2) is 48.4 Å². The van der Waals surface area contributed by atoms with Crippen molar-refractivity contribution in [2.75, 3.05) is 0 Å². The van der Waals surface area contributed by atoms with E-state index in [0.29, 0.717) is 6.54 Å². The van der Waals surface area contributed by atoms with Gasteiger partial charge in [-0.15, -0.1) is 0 Å². The van der Waals surface area contributed by atoms with Gasteiger partial charge >= 0.3 is 0 Å². The van der Waals surface area contributed by atoms with Gasteiger partial charge in [0.2, 0.25) is 10.0 Å². The molecule has 0 aliphatic heterocycles. The minimum absolute atomic E-state index is 0.276. The standard InChI is InChI=1S/C13H16N4O2S/c1-12(9-17-11-14-10-15-17)16-20(18,19)8-7-13-5-3-2-4-6-13/h2-8,10-12,16H,9H2,1H3. The average molecular weight is 292 g/mol. The molecule has 20 heavy (non-hydrogen) atoms. The second kappa shape index (κ2) is 6.44. The first-order chi connectivity index (χ1) is 9.55. The number of sulfonamides is 1. The van der Waals surface area contributed by atoms with E-state index in [0.717, 1.165) is 5.56 Å². The van der Waals surface area contributed by atoms with Gasteiger partial charge in [-0.2, -0.15) is 5.10 Å². The normalized spacial score (nSPS) is 13.7. The number of benzene rings is 1. The number of hydrogen-bond acceptors (Lipinski definition) is 4. The Morgan fingerprint density at radius 3 is 2.75 bits per heavy atom. The van der Waals surface area contributed by atoms with Crippen molar-refractivity contribution in [3.63, 3.8) is 0 Å². The van der Waals surface area contributed by atoms with Crippen LogP contribution >= 0.6 is 0 Å². The minimum Gasteiger partial charge on any atom is -0.251 e. The van der Waals surface area contributed by atoms with E-state index in [1.807, 2.05) is 30.3 Å². The van der Waals surface area contributed by atoms with Crippen molar-refractivity contribution in [1.82, 2.24) is 19.5 Å². The van der Waals surface area contributed by atoms with E-state index in [1.54, 1.807) is 24.0 Å². The maximum atomic E-state index is 11.9. The van der Waals surface area contributed by atoms with Gasteiger partial charge in [0.1, 0.15) is 12.7 Å². The second-order valence-electron chi connectivity index (χ2n) is 4.39. The molecular formula is C13H16N4O2S. The van der Waals surface area contributed by atoms with Crippen molar-refractivity contribution in [3.8, 4) is 0 Å². The second-order valence-corrected chi connectivity index (χ2v) is 5.99. The van der Waals surface area contributed by atoms with E-state index in [9.17, 15) is 8.42 Å². The SMILES string of the molecule is CC(Cn1cncn1)NS(=O)(=O)C=Cc1ccccc1. The summed E-state index contributed by atoms with van der Waals surface area (Å²) >= 11 is 0. The van der Waals surface area contributed by atoms with Crippen LogP contribution in [0.1, 0.15) is 12.5 Å². The van der Waals surface area contributed by atoms with Crippen LogP contribution in [0.2, 0.25) is 0 Å². The van der Waals surface area contributed by atoms with Crippen LogP contribution in [0.25, 0.3) is 6.08 Å².